The summed E-state index contributed by atoms with van der Waals surface area (Å²) in [5.74, 6) is 0.679. The molecule has 0 aliphatic rings. The molecule has 0 radical (unpaired) electrons. The summed E-state index contributed by atoms with van der Waals surface area (Å²) in [5, 5.41) is 2.83. The fourth-order valence-corrected chi connectivity index (χ4v) is 1.11. The molecule has 1 amide bonds. The maximum atomic E-state index is 11.3. The van der Waals surface area contributed by atoms with E-state index >= 15 is 0 Å². The molecule has 3 heteroatoms. The predicted octanol–water partition coefficient (Wildman–Crippen LogP) is 1.67. The number of nitrogens with one attached hydrogen (secondary N) is 1. The number of hydrogen-bond donors (Lipinski definition) is 2. The second-order valence-corrected chi connectivity index (χ2v) is 4.87. The van der Waals surface area contributed by atoms with E-state index in [-0.39, 0.29) is 5.91 Å². The van der Waals surface area contributed by atoms with Gasteiger partial charge in [-0.15, -0.1) is 0 Å². The summed E-state index contributed by atoms with van der Waals surface area (Å²) >= 11 is 0. The van der Waals surface area contributed by atoms with Gasteiger partial charge in [0.05, 0.1) is 5.54 Å². The first kappa shape index (κ1) is 13.4. The number of hydrogen-bond acceptors (Lipinski definition) is 2. The first-order chi connectivity index (χ1) is 6.34. The molecule has 3 N–H and O–H groups in total. The first-order valence-electron chi connectivity index (χ1n) is 5.41. The summed E-state index contributed by atoms with van der Waals surface area (Å²) in [7, 11) is 0. The van der Waals surface area contributed by atoms with Gasteiger partial charge in [0, 0.05) is 6.54 Å². The van der Waals surface area contributed by atoms with Gasteiger partial charge in [-0.2, -0.15) is 0 Å². The topological polar surface area (TPSA) is 55.1 Å². The Morgan fingerprint density at radius 3 is 2.36 bits per heavy atom. The van der Waals surface area contributed by atoms with Crippen LogP contribution in [0.15, 0.2) is 0 Å². The Morgan fingerprint density at radius 2 is 1.93 bits per heavy atom. The largest absolute Gasteiger partial charge is 0.355 e. The van der Waals surface area contributed by atoms with Gasteiger partial charge < -0.3 is 11.1 Å². The second-order valence-electron chi connectivity index (χ2n) is 4.87. The van der Waals surface area contributed by atoms with Gasteiger partial charge >= 0.3 is 0 Å². The van der Waals surface area contributed by atoms with Crippen LogP contribution in [0, 0.1) is 5.92 Å². The molecule has 0 saturated carbocycles. The quantitative estimate of drug-likeness (QED) is 0.641. The Morgan fingerprint density at radius 1 is 1.36 bits per heavy atom. The van der Waals surface area contributed by atoms with Crippen LogP contribution >= 0.6 is 0 Å². The van der Waals surface area contributed by atoms with Crippen molar-refractivity contribution in [1.82, 2.24) is 5.32 Å². The van der Waals surface area contributed by atoms with Crippen molar-refractivity contribution in [2.45, 2.75) is 52.5 Å². The minimum Gasteiger partial charge on any atom is -0.355 e. The van der Waals surface area contributed by atoms with E-state index < -0.39 is 5.54 Å². The van der Waals surface area contributed by atoms with Crippen LogP contribution < -0.4 is 11.1 Å². The van der Waals surface area contributed by atoms with E-state index in [1.54, 1.807) is 13.8 Å². The Bertz CT molecular complexity index is 171. The summed E-state index contributed by atoms with van der Waals surface area (Å²) in [6, 6.07) is 0. The zero-order valence-electron chi connectivity index (χ0n) is 9.89. The summed E-state index contributed by atoms with van der Waals surface area (Å²) in [4.78, 5) is 11.3. The van der Waals surface area contributed by atoms with Crippen molar-refractivity contribution in [1.29, 1.82) is 0 Å². The van der Waals surface area contributed by atoms with Crippen LogP contribution in [0.4, 0.5) is 0 Å². The highest BCUT2D eigenvalue weighted by Gasteiger charge is 2.20. The van der Waals surface area contributed by atoms with Crippen LogP contribution in [-0.2, 0) is 4.79 Å². The number of nitrogens with two attached hydrogens (primary N) is 1. The molecule has 0 rings (SSSR count). The van der Waals surface area contributed by atoms with Crippen LogP contribution in [0.2, 0.25) is 0 Å². The average molecular weight is 200 g/mol. The van der Waals surface area contributed by atoms with Gasteiger partial charge in [-0.3, -0.25) is 4.79 Å². The zero-order chi connectivity index (χ0) is 11.2. The number of carbonyl (C=O) groups excluding carboxylic acids is 1. The standard InChI is InChI=1S/C11H24N2O/c1-9(2)7-5-6-8-13-10(14)11(3,4)12/h9H,5-8,12H2,1-4H3,(H,13,14). The number of rotatable bonds is 6. The Balaban J connectivity index is 3.42. The Hall–Kier alpha value is -0.570. The van der Waals surface area contributed by atoms with Crippen LogP contribution in [-0.4, -0.2) is 18.0 Å². The van der Waals surface area contributed by atoms with Gasteiger partial charge in [0.15, 0.2) is 0 Å². The van der Waals surface area contributed by atoms with Crippen LogP contribution in [0.3, 0.4) is 0 Å². The first-order valence-corrected chi connectivity index (χ1v) is 5.41. The van der Waals surface area contributed by atoms with Crippen molar-refractivity contribution >= 4 is 5.91 Å². The summed E-state index contributed by atoms with van der Waals surface area (Å²) in [6.07, 6.45) is 3.44. The molecule has 0 atom stereocenters. The summed E-state index contributed by atoms with van der Waals surface area (Å²) in [5.41, 5.74) is 4.88. The van der Waals surface area contributed by atoms with Gasteiger partial charge in [-0.1, -0.05) is 26.7 Å². The molecule has 3 nitrogen and oxygen atoms in total. The predicted molar refractivity (Wildman–Crippen MR) is 60.0 cm³/mol. The third-order valence-electron chi connectivity index (χ3n) is 2.08. The van der Waals surface area contributed by atoms with Crippen LogP contribution in [0.1, 0.15) is 47.0 Å². The molecule has 0 spiro atoms. The molecule has 0 bridgehead atoms. The molecule has 0 unspecified atom stereocenters. The molecular weight excluding hydrogens is 176 g/mol. The highest BCUT2D eigenvalue weighted by molar-refractivity contribution is 5.84. The van der Waals surface area contributed by atoms with Crippen molar-refractivity contribution in [2.24, 2.45) is 11.7 Å². The molecule has 0 saturated heterocycles. The maximum Gasteiger partial charge on any atom is 0.239 e. The van der Waals surface area contributed by atoms with E-state index in [1.165, 1.54) is 12.8 Å². The Kier molecular flexibility index (Phi) is 5.77. The lowest BCUT2D eigenvalue weighted by Gasteiger charge is -2.17. The molecule has 84 valence electrons. The normalized spacial score (nSPS) is 11.9. The highest BCUT2D eigenvalue weighted by atomic mass is 16.2. The lowest BCUT2D eigenvalue weighted by Crippen LogP contribution is -2.49. The van der Waals surface area contributed by atoms with Crippen molar-refractivity contribution in [3.8, 4) is 0 Å². The number of amides is 1. The molecule has 0 aliphatic heterocycles. The molecule has 0 heterocycles. The van der Waals surface area contributed by atoms with Gasteiger partial charge in [-0.25, -0.2) is 0 Å². The maximum absolute atomic E-state index is 11.3. The van der Waals surface area contributed by atoms with Crippen LogP contribution in [0.5, 0.6) is 0 Å². The van der Waals surface area contributed by atoms with E-state index in [0.29, 0.717) is 0 Å². The van der Waals surface area contributed by atoms with Crippen molar-refractivity contribution in [3.05, 3.63) is 0 Å². The molecule has 0 aromatic rings. The molecule has 0 aromatic heterocycles. The fourth-order valence-electron chi connectivity index (χ4n) is 1.11. The molecule has 0 aromatic carbocycles. The molecule has 14 heavy (non-hydrogen) atoms. The number of unbranched alkanes of at least 4 members (excludes halogenated alkanes) is 1. The minimum absolute atomic E-state index is 0.0675. The number of carbonyl (C=O) groups is 1. The van der Waals surface area contributed by atoms with E-state index in [9.17, 15) is 4.79 Å². The SMILES string of the molecule is CC(C)CCCCNC(=O)C(C)(C)N. The molecule has 0 aliphatic carbocycles. The van der Waals surface area contributed by atoms with Gasteiger partial charge in [-0.05, 0) is 26.2 Å². The summed E-state index contributed by atoms with van der Waals surface area (Å²) in [6.45, 7) is 8.60. The lowest BCUT2D eigenvalue weighted by atomic mass is 10.1. The fraction of sp³-hybridized carbons (Fsp3) is 0.909. The third-order valence-corrected chi connectivity index (χ3v) is 2.08. The smallest absolute Gasteiger partial charge is 0.239 e. The van der Waals surface area contributed by atoms with Gasteiger partial charge in [0.2, 0.25) is 5.91 Å². The average Bonchev–Trinajstić information content (AvgIpc) is 2.01. The van der Waals surface area contributed by atoms with Crippen LogP contribution in [0.25, 0.3) is 0 Å². The van der Waals surface area contributed by atoms with E-state index in [2.05, 4.69) is 19.2 Å². The van der Waals surface area contributed by atoms with Crippen molar-refractivity contribution in [3.63, 3.8) is 0 Å². The second kappa shape index (κ2) is 6.02. The van der Waals surface area contributed by atoms with Crippen molar-refractivity contribution in [2.75, 3.05) is 6.54 Å². The highest BCUT2D eigenvalue weighted by Crippen LogP contribution is 2.05. The Labute approximate surface area is 87.4 Å². The summed E-state index contributed by atoms with van der Waals surface area (Å²) < 4.78 is 0. The van der Waals surface area contributed by atoms with Crippen molar-refractivity contribution < 1.29 is 4.79 Å². The van der Waals surface area contributed by atoms with Gasteiger partial charge in [0.25, 0.3) is 0 Å². The van der Waals surface area contributed by atoms with E-state index in [0.717, 1.165) is 18.9 Å². The van der Waals surface area contributed by atoms with E-state index in [4.69, 9.17) is 5.73 Å². The van der Waals surface area contributed by atoms with E-state index in [1.807, 2.05) is 0 Å². The molecule has 0 fully saturated rings. The third kappa shape index (κ3) is 6.89. The monoisotopic (exact) mass is 200 g/mol. The molecular formula is C11H24N2O. The van der Waals surface area contributed by atoms with Gasteiger partial charge in [0.1, 0.15) is 0 Å². The minimum atomic E-state index is -0.752. The lowest BCUT2D eigenvalue weighted by molar-refractivity contribution is -0.125. The zero-order valence-corrected chi connectivity index (χ0v) is 9.89.